The van der Waals surface area contributed by atoms with Crippen molar-refractivity contribution in [2.75, 3.05) is 13.2 Å². The fraction of sp³-hybridized carbons (Fsp3) is 0.400. The molecule has 2 aliphatic rings. The van der Waals surface area contributed by atoms with E-state index in [1.54, 1.807) is 0 Å². The molecule has 14 nitrogen and oxygen atoms in total. The number of nitrogens with two attached hydrogens (primary N) is 1. The highest BCUT2D eigenvalue weighted by Gasteiger charge is 2.47. The SMILES string of the molecule is C#CCOc1ccc([N+](=O)[O-])c(CC2(O)NC(N)=Nc3c2ncn3[C@@H]2O[C@H](CO)[C@@H](O)[C@H]2O)c1. The number of terminal acetylenes is 1. The molecule has 0 amide bonds. The number of nitrogens with zero attached hydrogens (tertiary/aromatic N) is 4. The molecule has 5 atom stereocenters. The van der Waals surface area contributed by atoms with Gasteiger partial charge in [0.25, 0.3) is 5.69 Å². The van der Waals surface area contributed by atoms with Gasteiger partial charge in [0.2, 0.25) is 0 Å². The lowest BCUT2D eigenvalue weighted by molar-refractivity contribution is -0.385. The van der Waals surface area contributed by atoms with Crippen molar-refractivity contribution in [3.63, 3.8) is 0 Å². The monoisotopic (exact) mass is 474 g/mol. The second-order valence-electron chi connectivity index (χ2n) is 7.75. The molecular formula is C20H22N6O8. The van der Waals surface area contributed by atoms with Gasteiger partial charge in [-0.2, -0.15) is 4.99 Å². The second kappa shape index (κ2) is 8.89. The summed E-state index contributed by atoms with van der Waals surface area (Å²) in [6.45, 7) is -0.595. The van der Waals surface area contributed by atoms with Crippen LogP contribution >= 0.6 is 0 Å². The number of hydrogen-bond acceptors (Lipinski definition) is 12. The first-order valence-electron chi connectivity index (χ1n) is 10.1. The van der Waals surface area contributed by atoms with E-state index in [1.807, 2.05) is 0 Å². The highest BCUT2D eigenvalue weighted by molar-refractivity contribution is 5.83. The first-order chi connectivity index (χ1) is 16.2. The van der Waals surface area contributed by atoms with Gasteiger partial charge < -0.3 is 41.0 Å². The van der Waals surface area contributed by atoms with Crippen LogP contribution in [0.1, 0.15) is 17.5 Å². The molecule has 1 fully saturated rings. The molecule has 1 unspecified atom stereocenters. The predicted octanol–water partition coefficient (Wildman–Crippen LogP) is -1.65. The Bertz CT molecular complexity index is 1180. The fourth-order valence-corrected chi connectivity index (χ4v) is 3.97. The third-order valence-corrected chi connectivity index (χ3v) is 5.53. The number of aliphatic hydroxyl groups excluding tert-OH is 3. The van der Waals surface area contributed by atoms with E-state index in [0.29, 0.717) is 0 Å². The molecule has 4 rings (SSSR count). The van der Waals surface area contributed by atoms with E-state index in [-0.39, 0.29) is 47.5 Å². The molecule has 0 spiro atoms. The van der Waals surface area contributed by atoms with E-state index in [2.05, 4.69) is 21.2 Å². The van der Waals surface area contributed by atoms with Crippen LogP contribution in [-0.4, -0.2) is 72.4 Å². The zero-order valence-electron chi connectivity index (χ0n) is 17.6. The van der Waals surface area contributed by atoms with Gasteiger partial charge in [0.05, 0.1) is 17.9 Å². The van der Waals surface area contributed by atoms with Crippen molar-refractivity contribution in [3.05, 3.63) is 45.9 Å². The lowest BCUT2D eigenvalue weighted by Gasteiger charge is -2.32. The van der Waals surface area contributed by atoms with E-state index >= 15 is 0 Å². The number of benzene rings is 1. The van der Waals surface area contributed by atoms with E-state index in [4.69, 9.17) is 21.6 Å². The van der Waals surface area contributed by atoms with Gasteiger partial charge in [0.1, 0.15) is 36.4 Å². The van der Waals surface area contributed by atoms with Crippen LogP contribution in [0.25, 0.3) is 0 Å². The number of aromatic nitrogens is 2. The maximum atomic E-state index is 11.6. The molecule has 3 heterocycles. The number of imidazole rings is 1. The molecule has 2 aliphatic heterocycles. The number of nitrogens with one attached hydrogen (secondary N) is 1. The molecule has 34 heavy (non-hydrogen) atoms. The number of aliphatic imine (C=N–C) groups is 1. The van der Waals surface area contributed by atoms with Crippen LogP contribution in [0.3, 0.4) is 0 Å². The smallest absolute Gasteiger partial charge is 0.273 e. The zero-order chi connectivity index (χ0) is 24.6. The van der Waals surface area contributed by atoms with E-state index in [0.717, 1.165) is 0 Å². The van der Waals surface area contributed by atoms with Crippen LogP contribution in [-0.2, 0) is 16.9 Å². The van der Waals surface area contributed by atoms with Crippen LogP contribution in [0.2, 0.25) is 0 Å². The largest absolute Gasteiger partial charge is 0.481 e. The minimum Gasteiger partial charge on any atom is -0.481 e. The summed E-state index contributed by atoms with van der Waals surface area (Å²) in [6, 6.07) is 3.98. The van der Waals surface area contributed by atoms with Crippen LogP contribution in [0, 0.1) is 22.5 Å². The van der Waals surface area contributed by atoms with Gasteiger partial charge in [-0.15, -0.1) is 6.42 Å². The van der Waals surface area contributed by atoms with E-state index < -0.39 is 41.8 Å². The number of nitro benzene ring substituents is 1. The molecule has 0 bridgehead atoms. The molecule has 0 radical (unpaired) electrons. The van der Waals surface area contributed by atoms with Crippen LogP contribution in [0.5, 0.6) is 5.75 Å². The molecular weight excluding hydrogens is 452 g/mol. The number of nitro groups is 1. The van der Waals surface area contributed by atoms with E-state index in [9.17, 15) is 30.5 Å². The number of aliphatic hydroxyl groups is 4. The summed E-state index contributed by atoms with van der Waals surface area (Å²) in [5.41, 5.74) is 3.60. The number of hydrogen-bond donors (Lipinski definition) is 6. The third-order valence-electron chi connectivity index (χ3n) is 5.53. The summed E-state index contributed by atoms with van der Waals surface area (Å²) in [7, 11) is 0. The Hall–Kier alpha value is -3.74. The average molecular weight is 474 g/mol. The lowest BCUT2D eigenvalue weighted by Crippen LogP contribution is -2.52. The molecule has 180 valence electrons. The van der Waals surface area contributed by atoms with Gasteiger partial charge in [-0.3, -0.25) is 14.7 Å². The molecule has 1 aromatic carbocycles. The topological polar surface area (TPSA) is 211 Å². The highest BCUT2D eigenvalue weighted by Crippen LogP contribution is 2.40. The predicted molar refractivity (Wildman–Crippen MR) is 115 cm³/mol. The zero-order valence-corrected chi connectivity index (χ0v) is 17.6. The summed E-state index contributed by atoms with van der Waals surface area (Å²) in [4.78, 5) is 19.3. The molecule has 0 saturated carbocycles. The fourth-order valence-electron chi connectivity index (χ4n) is 3.97. The van der Waals surface area contributed by atoms with Crippen molar-refractivity contribution in [2.24, 2.45) is 10.7 Å². The molecule has 1 aromatic heterocycles. The number of fused-ring (bicyclic) bond motifs is 1. The Kier molecular flexibility index (Phi) is 6.13. The molecule has 2 aromatic rings. The van der Waals surface area contributed by atoms with Gasteiger partial charge in [-0.25, -0.2) is 4.98 Å². The number of guanidine groups is 1. The summed E-state index contributed by atoms with van der Waals surface area (Å²) in [5.74, 6) is 2.32. The quantitative estimate of drug-likeness (QED) is 0.152. The van der Waals surface area contributed by atoms with Crippen molar-refractivity contribution >= 4 is 17.5 Å². The lowest BCUT2D eigenvalue weighted by atomic mass is 9.96. The van der Waals surface area contributed by atoms with Crippen molar-refractivity contribution < 1.29 is 34.8 Å². The van der Waals surface area contributed by atoms with Gasteiger partial charge in [-0.1, -0.05) is 5.92 Å². The minimum atomic E-state index is -2.04. The number of rotatable bonds is 7. The van der Waals surface area contributed by atoms with Gasteiger partial charge in [0, 0.05) is 18.1 Å². The van der Waals surface area contributed by atoms with Crippen molar-refractivity contribution in [1.82, 2.24) is 14.9 Å². The van der Waals surface area contributed by atoms with Crippen LogP contribution in [0.4, 0.5) is 11.5 Å². The molecule has 14 heteroatoms. The Morgan fingerprint density at radius 2 is 2.18 bits per heavy atom. The van der Waals surface area contributed by atoms with Gasteiger partial charge in [-0.05, 0) is 12.1 Å². The summed E-state index contributed by atoms with van der Waals surface area (Å²) < 4.78 is 12.1. The summed E-state index contributed by atoms with van der Waals surface area (Å²) in [6.07, 6.45) is 1.00. The first-order valence-corrected chi connectivity index (χ1v) is 10.1. The Labute approximate surface area is 192 Å². The standard InChI is InChI=1S/C20H22N6O8/c1-2-5-33-11-3-4-12(26(31)32)10(6-11)7-20(30)16-17(23-19(21)24-20)25(9-22-16)18-15(29)14(28)13(8-27)34-18/h1,3-4,6,9,13-15,18,27-30H,5,7-8H2,(H3,21,23,24)/t13-,14-,15-,18-,20?/m1/s1. The summed E-state index contributed by atoms with van der Waals surface area (Å²) in [5, 5.41) is 55.4. The normalized spacial score (nSPS) is 27.9. The molecule has 1 saturated heterocycles. The van der Waals surface area contributed by atoms with E-state index in [1.165, 1.54) is 29.1 Å². The molecule has 7 N–H and O–H groups in total. The third kappa shape index (κ3) is 4.02. The van der Waals surface area contributed by atoms with Crippen molar-refractivity contribution in [2.45, 2.75) is 36.7 Å². The Morgan fingerprint density at radius 1 is 1.41 bits per heavy atom. The average Bonchev–Trinajstić information content (AvgIpc) is 3.33. The minimum absolute atomic E-state index is 0.00372. The number of ether oxygens (including phenoxy) is 2. The Balaban J connectivity index is 1.72. The summed E-state index contributed by atoms with van der Waals surface area (Å²) >= 11 is 0. The van der Waals surface area contributed by atoms with Crippen LogP contribution < -0.4 is 15.8 Å². The second-order valence-corrected chi connectivity index (χ2v) is 7.75. The van der Waals surface area contributed by atoms with Gasteiger partial charge >= 0.3 is 0 Å². The highest BCUT2D eigenvalue weighted by atomic mass is 16.6. The van der Waals surface area contributed by atoms with Crippen LogP contribution in [0.15, 0.2) is 29.5 Å². The van der Waals surface area contributed by atoms with Gasteiger partial charge in [0.15, 0.2) is 23.7 Å². The maximum Gasteiger partial charge on any atom is 0.273 e. The van der Waals surface area contributed by atoms with Crippen molar-refractivity contribution in [3.8, 4) is 18.1 Å². The maximum absolute atomic E-state index is 11.6. The Morgan fingerprint density at radius 3 is 2.82 bits per heavy atom. The van der Waals surface area contributed by atoms with Crippen molar-refractivity contribution in [1.29, 1.82) is 0 Å². The first kappa shape index (κ1) is 23.4. The molecule has 0 aliphatic carbocycles.